The number of ketones is 1. The molecular weight excluding hydrogens is 400 g/mol. The molecule has 0 atom stereocenters. The van der Waals surface area contributed by atoms with E-state index in [0.29, 0.717) is 16.8 Å². The number of benzene rings is 2. The molecule has 0 radical (unpaired) electrons. The van der Waals surface area contributed by atoms with Gasteiger partial charge in [0.05, 0.1) is 12.8 Å². The van der Waals surface area contributed by atoms with Crippen LogP contribution < -0.4 is 14.8 Å². The van der Waals surface area contributed by atoms with Crippen molar-refractivity contribution in [2.75, 3.05) is 19.0 Å². The molecule has 158 valence electrons. The number of anilines is 1. The van der Waals surface area contributed by atoms with Crippen molar-refractivity contribution in [1.82, 2.24) is 0 Å². The van der Waals surface area contributed by atoms with Crippen molar-refractivity contribution in [2.45, 2.75) is 13.5 Å². The number of carbonyl (C=O) groups is 3. The summed E-state index contributed by atoms with van der Waals surface area (Å²) in [5.74, 6) is -1.70. The van der Waals surface area contributed by atoms with Crippen LogP contribution in [-0.4, -0.2) is 38.0 Å². The Morgan fingerprint density at radius 3 is 2.50 bits per heavy atom. The maximum absolute atomic E-state index is 12.3. The van der Waals surface area contributed by atoms with Gasteiger partial charge in [-0.1, -0.05) is 18.2 Å². The van der Waals surface area contributed by atoms with Crippen LogP contribution in [0.15, 0.2) is 48.5 Å². The fraction of sp³-hybridized carbons (Fsp3) is 0.190. The van der Waals surface area contributed by atoms with Gasteiger partial charge in [-0.2, -0.15) is 8.78 Å². The fourth-order valence-corrected chi connectivity index (χ4v) is 2.42. The topological polar surface area (TPSA) is 90.9 Å². The summed E-state index contributed by atoms with van der Waals surface area (Å²) in [5.41, 5.74) is 1.12. The molecule has 2 aromatic carbocycles. The third-order valence-corrected chi connectivity index (χ3v) is 3.74. The van der Waals surface area contributed by atoms with Crippen LogP contribution in [0.4, 0.5) is 14.5 Å². The number of Topliss-reactive ketones (excluding diaryl/α,β-unsaturated/α-hetero) is 1. The molecule has 1 amide bonds. The molecule has 0 unspecified atom stereocenters. The Labute approximate surface area is 171 Å². The Kier molecular flexibility index (Phi) is 8.04. The average Bonchev–Trinajstić information content (AvgIpc) is 2.71. The normalized spacial score (nSPS) is 10.7. The van der Waals surface area contributed by atoms with Gasteiger partial charge in [-0.05, 0) is 42.8 Å². The Hall–Kier alpha value is -3.75. The van der Waals surface area contributed by atoms with Gasteiger partial charge in [-0.15, -0.1) is 0 Å². The molecule has 0 aromatic heterocycles. The lowest BCUT2D eigenvalue weighted by atomic mass is 10.1. The van der Waals surface area contributed by atoms with E-state index in [-0.39, 0.29) is 17.3 Å². The van der Waals surface area contributed by atoms with Crippen LogP contribution in [0.25, 0.3) is 6.08 Å². The molecule has 0 aliphatic heterocycles. The van der Waals surface area contributed by atoms with E-state index >= 15 is 0 Å². The van der Waals surface area contributed by atoms with Gasteiger partial charge in [0.25, 0.3) is 5.91 Å². The second-order valence-electron chi connectivity index (χ2n) is 5.88. The zero-order chi connectivity index (χ0) is 22.1. The van der Waals surface area contributed by atoms with Crippen molar-refractivity contribution in [3.63, 3.8) is 0 Å². The number of carbonyl (C=O) groups excluding carboxylic acids is 3. The van der Waals surface area contributed by atoms with Crippen LogP contribution in [0, 0.1) is 0 Å². The number of halogens is 2. The third-order valence-electron chi connectivity index (χ3n) is 3.74. The number of amides is 1. The SMILES string of the molecule is COc1cc(/C=C/C(=O)OCC(=O)Nc2ccccc2C(C)=O)ccc1OC(F)F. The lowest BCUT2D eigenvalue weighted by Crippen LogP contribution is -2.21. The van der Waals surface area contributed by atoms with Crippen LogP contribution in [-0.2, 0) is 14.3 Å². The van der Waals surface area contributed by atoms with Crippen molar-refractivity contribution in [2.24, 2.45) is 0 Å². The molecule has 30 heavy (non-hydrogen) atoms. The summed E-state index contributed by atoms with van der Waals surface area (Å²) in [6, 6.07) is 10.6. The lowest BCUT2D eigenvalue weighted by Gasteiger charge is -2.10. The maximum Gasteiger partial charge on any atom is 0.387 e. The van der Waals surface area contributed by atoms with Gasteiger partial charge >= 0.3 is 12.6 Å². The highest BCUT2D eigenvalue weighted by molar-refractivity contribution is 6.04. The fourth-order valence-electron chi connectivity index (χ4n) is 2.42. The zero-order valence-corrected chi connectivity index (χ0v) is 16.2. The zero-order valence-electron chi connectivity index (χ0n) is 16.2. The summed E-state index contributed by atoms with van der Waals surface area (Å²) < 4.78 is 38.8. The van der Waals surface area contributed by atoms with Crippen LogP contribution >= 0.6 is 0 Å². The summed E-state index contributed by atoms with van der Waals surface area (Å²) in [6.07, 6.45) is 2.43. The molecule has 1 N–H and O–H groups in total. The second-order valence-corrected chi connectivity index (χ2v) is 5.88. The monoisotopic (exact) mass is 419 g/mol. The summed E-state index contributed by atoms with van der Waals surface area (Å²) in [6.45, 7) is -2.18. The molecule has 2 rings (SSSR count). The minimum absolute atomic E-state index is 0.0642. The van der Waals surface area contributed by atoms with E-state index in [1.165, 1.54) is 38.3 Å². The average molecular weight is 419 g/mol. The first kappa shape index (κ1) is 22.5. The predicted molar refractivity (Wildman–Crippen MR) is 105 cm³/mol. The van der Waals surface area contributed by atoms with E-state index in [1.54, 1.807) is 24.3 Å². The molecule has 0 fully saturated rings. The van der Waals surface area contributed by atoms with E-state index in [1.807, 2.05) is 0 Å². The van der Waals surface area contributed by atoms with Crippen LogP contribution in [0.5, 0.6) is 11.5 Å². The van der Waals surface area contributed by atoms with Gasteiger partial charge in [-0.25, -0.2) is 4.79 Å². The number of alkyl halides is 2. The first-order valence-electron chi connectivity index (χ1n) is 8.67. The van der Waals surface area contributed by atoms with Crippen molar-refractivity contribution in [3.05, 3.63) is 59.7 Å². The number of para-hydroxylation sites is 1. The molecule has 7 nitrogen and oxygen atoms in total. The van der Waals surface area contributed by atoms with Gasteiger partial charge in [0.15, 0.2) is 23.9 Å². The summed E-state index contributed by atoms with van der Waals surface area (Å²) in [4.78, 5) is 35.3. The van der Waals surface area contributed by atoms with E-state index in [2.05, 4.69) is 10.1 Å². The van der Waals surface area contributed by atoms with Crippen molar-refractivity contribution in [3.8, 4) is 11.5 Å². The minimum atomic E-state index is -3.00. The maximum atomic E-state index is 12.3. The molecule has 0 aliphatic carbocycles. The van der Waals surface area contributed by atoms with E-state index in [4.69, 9.17) is 9.47 Å². The largest absolute Gasteiger partial charge is 0.493 e. The molecular formula is C21H19F2NO6. The lowest BCUT2D eigenvalue weighted by molar-refractivity contribution is -0.142. The molecule has 0 aliphatic rings. The quantitative estimate of drug-likeness (QED) is 0.379. The predicted octanol–water partition coefficient (Wildman–Crippen LogP) is 3.69. The van der Waals surface area contributed by atoms with Crippen LogP contribution in [0.1, 0.15) is 22.8 Å². The third kappa shape index (κ3) is 6.69. The van der Waals surface area contributed by atoms with Gasteiger partial charge in [0.1, 0.15) is 0 Å². The first-order chi connectivity index (χ1) is 14.3. The number of ether oxygens (including phenoxy) is 3. The molecule has 0 spiro atoms. The smallest absolute Gasteiger partial charge is 0.387 e. The number of methoxy groups -OCH3 is 1. The highest BCUT2D eigenvalue weighted by Crippen LogP contribution is 2.29. The van der Waals surface area contributed by atoms with Gasteiger partial charge in [-0.3, -0.25) is 9.59 Å². The van der Waals surface area contributed by atoms with E-state index < -0.39 is 25.1 Å². The summed E-state index contributed by atoms with van der Waals surface area (Å²) >= 11 is 0. The van der Waals surface area contributed by atoms with Crippen LogP contribution in [0.3, 0.4) is 0 Å². The molecule has 0 saturated carbocycles. The van der Waals surface area contributed by atoms with E-state index in [0.717, 1.165) is 6.08 Å². The van der Waals surface area contributed by atoms with Crippen molar-refractivity contribution in [1.29, 1.82) is 0 Å². The Morgan fingerprint density at radius 2 is 1.83 bits per heavy atom. The van der Waals surface area contributed by atoms with Gasteiger partial charge < -0.3 is 19.5 Å². The van der Waals surface area contributed by atoms with Crippen molar-refractivity contribution < 1.29 is 37.4 Å². The highest BCUT2D eigenvalue weighted by Gasteiger charge is 2.12. The molecule has 0 heterocycles. The number of nitrogens with one attached hydrogen (secondary N) is 1. The summed E-state index contributed by atoms with van der Waals surface area (Å²) in [5, 5.41) is 2.51. The van der Waals surface area contributed by atoms with E-state index in [9.17, 15) is 23.2 Å². The first-order valence-corrected chi connectivity index (χ1v) is 8.67. The molecule has 0 saturated heterocycles. The Balaban J connectivity index is 1.92. The Bertz CT molecular complexity index is 958. The standard InChI is InChI=1S/C21H19F2NO6/c1-13(25)15-5-3-4-6-16(15)24-19(26)12-29-20(27)10-8-14-7-9-17(30-21(22)23)18(11-14)28-2/h3-11,21H,12H2,1-2H3,(H,24,26)/b10-8+. The number of esters is 1. The summed E-state index contributed by atoms with van der Waals surface area (Å²) in [7, 11) is 1.29. The highest BCUT2D eigenvalue weighted by atomic mass is 19.3. The number of hydrogen-bond acceptors (Lipinski definition) is 6. The molecule has 9 heteroatoms. The second kappa shape index (κ2) is 10.7. The molecule has 0 bridgehead atoms. The number of hydrogen-bond donors (Lipinski definition) is 1. The van der Waals surface area contributed by atoms with Crippen molar-refractivity contribution >= 4 is 29.4 Å². The van der Waals surface area contributed by atoms with Gasteiger partial charge in [0, 0.05) is 11.6 Å². The minimum Gasteiger partial charge on any atom is -0.493 e. The number of rotatable bonds is 9. The Morgan fingerprint density at radius 1 is 1.10 bits per heavy atom. The van der Waals surface area contributed by atoms with Gasteiger partial charge in [0.2, 0.25) is 0 Å². The molecule has 2 aromatic rings. The van der Waals surface area contributed by atoms with Crippen LogP contribution in [0.2, 0.25) is 0 Å².